The van der Waals surface area contributed by atoms with Crippen LogP contribution in [0.15, 0.2) is 18.2 Å². The quantitative estimate of drug-likeness (QED) is 0.874. The van der Waals surface area contributed by atoms with E-state index in [1.54, 1.807) is 12.1 Å². The largest absolute Gasteiger partial charge is 0.494 e. The van der Waals surface area contributed by atoms with Gasteiger partial charge >= 0.3 is 0 Å². The number of ether oxygens (including phenoxy) is 1. The van der Waals surface area contributed by atoms with E-state index in [0.29, 0.717) is 12.1 Å². The van der Waals surface area contributed by atoms with Crippen molar-refractivity contribution in [2.75, 3.05) is 26.0 Å². The van der Waals surface area contributed by atoms with E-state index < -0.39 is 0 Å². The maximum absolute atomic E-state index is 13.2. The molecule has 0 radical (unpaired) electrons. The molecule has 1 heterocycles. The highest BCUT2D eigenvalue weighted by molar-refractivity contribution is 5.49. The molecule has 1 aliphatic rings. The van der Waals surface area contributed by atoms with Gasteiger partial charge in [0.15, 0.2) is 11.6 Å². The number of halogens is 1. The van der Waals surface area contributed by atoms with Crippen LogP contribution in [0.4, 0.5) is 10.1 Å². The highest BCUT2D eigenvalue weighted by atomic mass is 19.1. The predicted octanol–water partition coefficient (Wildman–Crippen LogP) is 2.34. The molecular weight excluding hydrogens is 219 g/mol. The minimum atomic E-state index is -0.324. The Kier molecular flexibility index (Phi) is 3.52. The molecule has 17 heavy (non-hydrogen) atoms. The van der Waals surface area contributed by atoms with Gasteiger partial charge in [-0.2, -0.15) is 0 Å². The van der Waals surface area contributed by atoms with Crippen LogP contribution in [-0.4, -0.2) is 37.7 Å². The Labute approximate surface area is 102 Å². The summed E-state index contributed by atoms with van der Waals surface area (Å²) in [6.07, 6.45) is 1.11. The molecule has 1 aliphatic heterocycles. The molecule has 2 rings (SSSR count). The van der Waals surface area contributed by atoms with E-state index in [4.69, 9.17) is 4.74 Å². The van der Waals surface area contributed by atoms with Gasteiger partial charge in [-0.1, -0.05) is 0 Å². The van der Waals surface area contributed by atoms with Crippen molar-refractivity contribution in [3.63, 3.8) is 0 Å². The summed E-state index contributed by atoms with van der Waals surface area (Å²) in [6, 6.07) is 5.91. The van der Waals surface area contributed by atoms with Crippen molar-refractivity contribution in [3.8, 4) is 5.75 Å². The van der Waals surface area contributed by atoms with Gasteiger partial charge in [-0.25, -0.2) is 4.39 Å². The number of rotatable bonds is 3. The van der Waals surface area contributed by atoms with E-state index in [0.717, 1.165) is 18.7 Å². The lowest BCUT2D eigenvalue weighted by Gasteiger charge is -2.15. The highest BCUT2D eigenvalue weighted by Gasteiger charge is 2.25. The Bertz CT molecular complexity index is 387. The maximum Gasteiger partial charge on any atom is 0.165 e. The zero-order valence-corrected chi connectivity index (χ0v) is 10.5. The van der Waals surface area contributed by atoms with Gasteiger partial charge in [0.1, 0.15) is 0 Å². The zero-order valence-electron chi connectivity index (χ0n) is 10.5. The van der Waals surface area contributed by atoms with Crippen LogP contribution in [-0.2, 0) is 0 Å². The minimum absolute atomic E-state index is 0.286. The molecule has 0 amide bonds. The number of hydrogen-bond acceptors (Lipinski definition) is 3. The van der Waals surface area contributed by atoms with Gasteiger partial charge in [-0.05, 0) is 32.5 Å². The van der Waals surface area contributed by atoms with Crippen LogP contribution >= 0.6 is 0 Å². The van der Waals surface area contributed by atoms with Crippen LogP contribution < -0.4 is 10.1 Å². The molecular formula is C13H19FN2O. The minimum Gasteiger partial charge on any atom is -0.494 e. The van der Waals surface area contributed by atoms with Crippen molar-refractivity contribution >= 4 is 5.69 Å². The molecule has 0 bridgehead atoms. The number of likely N-dealkylation sites (N-methyl/N-ethyl adjacent to an activating group) is 1. The normalized spacial score (nSPS) is 24.9. The molecule has 0 saturated carbocycles. The van der Waals surface area contributed by atoms with Crippen molar-refractivity contribution in [2.24, 2.45) is 0 Å². The monoisotopic (exact) mass is 238 g/mol. The molecule has 94 valence electrons. The molecule has 1 N–H and O–H groups in total. The second kappa shape index (κ2) is 4.92. The SMILES string of the molecule is COc1cc(NC2CC(C)N(C)C2)ccc1F. The standard InChI is InChI=1S/C13H19FN2O/c1-9-6-11(8-16(9)2)15-10-4-5-12(14)13(7-10)17-3/h4-5,7,9,11,15H,6,8H2,1-3H3. The van der Waals surface area contributed by atoms with E-state index in [1.807, 2.05) is 0 Å². The first kappa shape index (κ1) is 12.2. The summed E-state index contributed by atoms with van der Waals surface area (Å²) in [6.45, 7) is 3.23. The maximum atomic E-state index is 13.2. The second-order valence-electron chi connectivity index (χ2n) is 4.71. The zero-order chi connectivity index (χ0) is 12.4. The number of nitrogens with zero attached hydrogens (tertiary/aromatic N) is 1. The van der Waals surface area contributed by atoms with Crippen molar-refractivity contribution < 1.29 is 9.13 Å². The Morgan fingerprint density at radius 1 is 1.47 bits per heavy atom. The molecule has 2 atom stereocenters. The van der Waals surface area contributed by atoms with Crippen LogP contribution in [0.5, 0.6) is 5.75 Å². The second-order valence-corrected chi connectivity index (χ2v) is 4.71. The van der Waals surface area contributed by atoms with E-state index in [1.165, 1.54) is 13.2 Å². The predicted molar refractivity (Wildman–Crippen MR) is 67.1 cm³/mol. The fourth-order valence-corrected chi connectivity index (χ4v) is 2.28. The number of nitrogens with one attached hydrogen (secondary N) is 1. The van der Waals surface area contributed by atoms with Crippen LogP contribution in [0.25, 0.3) is 0 Å². The van der Waals surface area contributed by atoms with Gasteiger partial charge in [0, 0.05) is 30.4 Å². The molecule has 0 spiro atoms. The smallest absolute Gasteiger partial charge is 0.165 e. The lowest BCUT2D eigenvalue weighted by molar-refractivity contribution is 0.330. The van der Waals surface area contributed by atoms with Gasteiger partial charge < -0.3 is 15.0 Å². The lowest BCUT2D eigenvalue weighted by Crippen LogP contribution is -2.24. The highest BCUT2D eigenvalue weighted by Crippen LogP contribution is 2.24. The number of likely N-dealkylation sites (tertiary alicyclic amines) is 1. The first-order valence-electron chi connectivity index (χ1n) is 5.90. The summed E-state index contributed by atoms with van der Waals surface area (Å²) in [7, 11) is 3.60. The Morgan fingerprint density at radius 3 is 2.82 bits per heavy atom. The van der Waals surface area contributed by atoms with Gasteiger partial charge in [0.2, 0.25) is 0 Å². The van der Waals surface area contributed by atoms with Gasteiger partial charge in [-0.3, -0.25) is 0 Å². The van der Waals surface area contributed by atoms with E-state index in [9.17, 15) is 4.39 Å². The molecule has 1 saturated heterocycles. The Balaban J connectivity index is 2.04. The molecule has 1 aromatic rings. The fraction of sp³-hybridized carbons (Fsp3) is 0.538. The first-order valence-corrected chi connectivity index (χ1v) is 5.90. The summed E-state index contributed by atoms with van der Waals surface area (Å²) in [5.74, 6) is -0.0376. The summed E-state index contributed by atoms with van der Waals surface area (Å²) >= 11 is 0. The van der Waals surface area contributed by atoms with Crippen LogP contribution in [0, 0.1) is 5.82 Å². The van der Waals surface area contributed by atoms with E-state index in [-0.39, 0.29) is 11.6 Å². The third-order valence-corrected chi connectivity index (χ3v) is 3.41. The Morgan fingerprint density at radius 2 is 2.24 bits per heavy atom. The van der Waals surface area contributed by atoms with Crippen molar-refractivity contribution in [1.29, 1.82) is 0 Å². The number of benzene rings is 1. The molecule has 0 aromatic heterocycles. The van der Waals surface area contributed by atoms with Crippen LogP contribution in [0.3, 0.4) is 0 Å². The number of methoxy groups -OCH3 is 1. The van der Waals surface area contributed by atoms with E-state index >= 15 is 0 Å². The fourth-order valence-electron chi connectivity index (χ4n) is 2.28. The summed E-state index contributed by atoms with van der Waals surface area (Å²) in [5.41, 5.74) is 0.913. The van der Waals surface area contributed by atoms with Gasteiger partial charge in [-0.15, -0.1) is 0 Å². The number of anilines is 1. The van der Waals surface area contributed by atoms with Crippen molar-refractivity contribution in [1.82, 2.24) is 4.90 Å². The van der Waals surface area contributed by atoms with Crippen LogP contribution in [0.2, 0.25) is 0 Å². The first-order chi connectivity index (χ1) is 8.10. The summed E-state index contributed by atoms with van der Waals surface area (Å²) in [4.78, 5) is 2.32. The van der Waals surface area contributed by atoms with Gasteiger partial charge in [0.25, 0.3) is 0 Å². The summed E-state index contributed by atoms with van der Waals surface area (Å²) in [5, 5.41) is 3.42. The third-order valence-electron chi connectivity index (χ3n) is 3.41. The average Bonchev–Trinajstić information content (AvgIpc) is 2.61. The number of hydrogen-bond donors (Lipinski definition) is 1. The molecule has 2 unspecified atom stereocenters. The average molecular weight is 238 g/mol. The van der Waals surface area contributed by atoms with Crippen molar-refractivity contribution in [2.45, 2.75) is 25.4 Å². The van der Waals surface area contributed by atoms with Gasteiger partial charge in [0.05, 0.1) is 7.11 Å². The molecule has 3 nitrogen and oxygen atoms in total. The van der Waals surface area contributed by atoms with Crippen molar-refractivity contribution in [3.05, 3.63) is 24.0 Å². The molecule has 0 aliphatic carbocycles. The van der Waals surface area contributed by atoms with Crippen LogP contribution in [0.1, 0.15) is 13.3 Å². The molecule has 1 fully saturated rings. The van der Waals surface area contributed by atoms with E-state index in [2.05, 4.69) is 24.2 Å². The molecule has 1 aromatic carbocycles. The summed E-state index contributed by atoms with van der Waals surface area (Å²) < 4.78 is 18.2. The Hall–Kier alpha value is -1.29. The lowest BCUT2D eigenvalue weighted by atomic mass is 10.2. The third kappa shape index (κ3) is 2.69. The topological polar surface area (TPSA) is 24.5 Å². The molecule has 4 heteroatoms.